The largest absolute Gasteiger partial charge is 0.273 e. The zero-order valence-electron chi connectivity index (χ0n) is 13.8. The van der Waals surface area contributed by atoms with Crippen LogP contribution < -0.4 is 10.9 Å². The van der Waals surface area contributed by atoms with Crippen LogP contribution in [-0.2, 0) is 19.4 Å². The van der Waals surface area contributed by atoms with Gasteiger partial charge in [0, 0.05) is 6.08 Å². The summed E-state index contributed by atoms with van der Waals surface area (Å²) >= 11 is 0. The number of hydrazine groups is 1. The Balaban J connectivity index is 1.81. The van der Waals surface area contributed by atoms with E-state index in [1.165, 1.54) is 11.6 Å². The molecule has 7 heteroatoms. The Labute approximate surface area is 142 Å². The molecule has 0 saturated carbocycles. The zero-order valence-corrected chi connectivity index (χ0v) is 14.6. The molecule has 1 fully saturated rings. The molecule has 1 aromatic carbocycles. The standard InChI is InChI=1S/C17H22N2O4S/c1-12(2)14-6-3-13(4-7-14)5-8-16(20)18-19-17(21)15-9-10-24(22,23)11-15/h3-8,12,15H,9-11H2,1-2H3,(H,18,20)(H,19,21)/b8-5+/t15-/m0/s1. The van der Waals surface area contributed by atoms with Gasteiger partial charge >= 0.3 is 0 Å². The number of benzene rings is 1. The number of sulfone groups is 1. The van der Waals surface area contributed by atoms with Crippen LogP contribution in [0.15, 0.2) is 30.3 Å². The minimum Gasteiger partial charge on any atom is -0.273 e. The lowest BCUT2D eigenvalue weighted by Crippen LogP contribution is -2.44. The summed E-state index contributed by atoms with van der Waals surface area (Å²) in [6.07, 6.45) is 3.25. The van der Waals surface area contributed by atoms with Gasteiger partial charge in [0.15, 0.2) is 9.84 Å². The lowest BCUT2D eigenvalue weighted by molar-refractivity contribution is -0.129. The van der Waals surface area contributed by atoms with Gasteiger partial charge in [-0.3, -0.25) is 20.4 Å². The van der Waals surface area contributed by atoms with Crippen LogP contribution >= 0.6 is 0 Å². The maximum absolute atomic E-state index is 11.8. The van der Waals surface area contributed by atoms with Gasteiger partial charge in [-0.2, -0.15) is 0 Å². The lowest BCUT2D eigenvalue weighted by atomic mass is 10.0. The van der Waals surface area contributed by atoms with E-state index in [1.807, 2.05) is 24.3 Å². The predicted molar refractivity (Wildman–Crippen MR) is 92.6 cm³/mol. The normalized spacial score (nSPS) is 19.5. The molecule has 2 amide bonds. The molecule has 0 radical (unpaired) electrons. The first kappa shape index (κ1) is 18.2. The molecule has 0 aromatic heterocycles. The maximum atomic E-state index is 11.8. The summed E-state index contributed by atoms with van der Waals surface area (Å²) in [7, 11) is -3.12. The van der Waals surface area contributed by atoms with Crippen LogP contribution in [-0.4, -0.2) is 31.7 Å². The van der Waals surface area contributed by atoms with Crippen molar-refractivity contribution in [3.63, 3.8) is 0 Å². The molecule has 2 N–H and O–H groups in total. The highest BCUT2D eigenvalue weighted by Gasteiger charge is 2.32. The number of carbonyl (C=O) groups is 2. The molecule has 0 bridgehead atoms. The van der Waals surface area contributed by atoms with E-state index in [2.05, 4.69) is 24.7 Å². The van der Waals surface area contributed by atoms with Gasteiger partial charge in [-0.25, -0.2) is 8.42 Å². The Kier molecular flexibility index (Phi) is 5.77. The first-order valence-electron chi connectivity index (χ1n) is 7.85. The van der Waals surface area contributed by atoms with Crippen molar-refractivity contribution in [3.05, 3.63) is 41.5 Å². The molecule has 0 spiro atoms. The highest BCUT2D eigenvalue weighted by atomic mass is 32.2. The first-order chi connectivity index (χ1) is 11.3. The van der Waals surface area contributed by atoms with Gasteiger partial charge in [-0.05, 0) is 29.5 Å². The molecule has 0 aliphatic carbocycles. The van der Waals surface area contributed by atoms with Gasteiger partial charge in [0.2, 0.25) is 5.91 Å². The molecular weight excluding hydrogens is 328 g/mol. The van der Waals surface area contributed by atoms with Crippen molar-refractivity contribution in [2.75, 3.05) is 11.5 Å². The van der Waals surface area contributed by atoms with Crippen LogP contribution in [0.25, 0.3) is 6.08 Å². The second-order valence-corrected chi connectivity index (χ2v) is 8.46. The molecule has 2 rings (SSSR count). The Morgan fingerprint density at radius 3 is 2.38 bits per heavy atom. The average molecular weight is 350 g/mol. The second-order valence-electron chi connectivity index (χ2n) is 6.23. The maximum Gasteiger partial charge on any atom is 0.262 e. The topological polar surface area (TPSA) is 92.3 Å². The Bertz CT molecular complexity index is 736. The van der Waals surface area contributed by atoms with E-state index >= 15 is 0 Å². The minimum atomic E-state index is -3.12. The van der Waals surface area contributed by atoms with Crippen molar-refractivity contribution in [3.8, 4) is 0 Å². The zero-order chi connectivity index (χ0) is 17.7. The van der Waals surface area contributed by atoms with Gasteiger partial charge in [0.1, 0.15) is 0 Å². The third kappa shape index (κ3) is 5.19. The molecule has 6 nitrogen and oxygen atoms in total. The summed E-state index contributed by atoms with van der Waals surface area (Å²) in [5, 5.41) is 0. The summed E-state index contributed by atoms with van der Waals surface area (Å²) in [4.78, 5) is 23.5. The summed E-state index contributed by atoms with van der Waals surface area (Å²) < 4.78 is 22.7. The Hall–Kier alpha value is -2.15. The fourth-order valence-corrected chi connectivity index (χ4v) is 4.17. The van der Waals surface area contributed by atoms with Gasteiger partial charge in [-0.1, -0.05) is 38.1 Å². The quantitative estimate of drug-likeness (QED) is 0.634. The van der Waals surface area contributed by atoms with Gasteiger partial charge in [0.05, 0.1) is 17.4 Å². The molecular formula is C17H22N2O4S. The molecule has 0 unspecified atom stereocenters. The van der Waals surface area contributed by atoms with Crippen LogP contribution in [0.5, 0.6) is 0 Å². The van der Waals surface area contributed by atoms with Gasteiger partial charge in [0.25, 0.3) is 5.91 Å². The van der Waals surface area contributed by atoms with E-state index in [-0.39, 0.29) is 11.5 Å². The smallest absolute Gasteiger partial charge is 0.262 e. The lowest BCUT2D eigenvalue weighted by Gasteiger charge is -2.09. The molecule has 1 aromatic rings. The SMILES string of the molecule is CC(C)c1ccc(/C=C/C(=O)NNC(=O)[C@H]2CCS(=O)(=O)C2)cc1. The number of rotatable bonds is 4. The highest BCUT2D eigenvalue weighted by molar-refractivity contribution is 7.91. The fraction of sp³-hybridized carbons (Fsp3) is 0.412. The third-order valence-electron chi connectivity index (χ3n) is 3.94. The molecule has 1 saturated heterocycles. The molecule has 130 valence electrons. The predicted octanol–water partition coefficient (Wildman–Crippen LogP) is 1.41. The van der Waals surface area contributed by atoms with E-state index in [0.717, 1.165) is 5.56 Å². The van der Waals surface area contributed by atoms with Gasteiger partial charge < -0.3 is 0 Å². The van der Waals surface area contributed by atoms with Crippen LogP contribution in [0.4, 0.5) is 0 Å². The summed E-state index contributed by atoms with van der Waals surface area (Å²) in [6.45, 7) is 4.22. The molecule has 1 aliphatic heterocycles. The van der Waals surface area contributed by atoms with E-state index in [4.69, 9.17) is 0 Å². The van der Waals surface area contributed by atoms with Crippen LogP contribution in [0.3, 0.4) is 0 Å². The van der Waals surface area contributed by atoms with E-state index in [1.54, 1.807) is 6.08 Å². The van der Waals surface area contributed by atoms with Crippen LogP contribution in [0.1, 0.15) is 37.3 Å². The number of nitrogens with one attached hydrogen (secondary N) is 2. The Morgan fingerprint density at radius 2 is 1.83 bits per heavy atom. The van der Waals surface area contributed by atoms with Crippen LogP contribution in [0, 0.1) is 5.92 Å². The van der Waals surface area contributed by atoms with Crippen molar-refractivity contribution in [2.24, 2.45) is 5.92 Å². The van der Waals surface area contributed by atoms with Crippen LogP contribution in [0.2, 0.25) is 0 Å². The number of amides is 2. The molecule has 1 atom stereocenters. The van der Waals surface area contributed by atoms with E-state index < -0.39 is 27.6 Å². The van der Waals surface area contributed by atoms with Crippen molar-refractivity contribution >= 4 is 27.7 Å². The summed E-state index contributed by atoms with van der Waals surface area (Å²) in [5.74, 6) is -1.24. The number of hydrogen-bond donors (Lipinski definition) is 2. The molecule has 24 heavy (non-hydrogen) atoms. The Morgan fingerprint density at radius 1 is 1.17 bits per heavy atom. The molecule has 1 aliphatic rings. The van der Waals surface area contributed by atoms with E-state index in [0.29, 0.717) is 12.3 Å². The molecule has 1 heterocycles. The van der Waals surface area contributed by atoms with Gasteiger partial charge in [-0.15, -0.1) is 0 Å². The average Bonchev–Trinajstić information content (AvgIpc) is 2.91. The van der Waals surface area contributed by atoms with Crippen molar-refractivity contribution in [2.45, 2.75) is 26.2 Å². The van der Waals surface area contributed by atoms with Crippen molar-refractivity contribution in [1.82, 2.24) is 10.9 Å². The second kappa shape index (κ2) is 7.61. The van der Waals surface area contributed by atoms with Crippen molar-refractivity contribution in [1.29, 1.82) is 0 Å². The number of hydrogen-bond acceptors (Lipinski definition) is 4. The summed E-state index contributed by atoms with van der Waals surface area (Å²) in [6, 6.07) is 7.84. The highest BCUT2D eigenvalue weighted by Crippen LogP contribution is 2.18. The minimum absolute atomic E-state index is 0.0192. The monoisotopic (exact) mass is 350 g/mol. The number of carbonyl (C=O) groups excluding carboxylic acids is 2. The third-order valence-corrected chi connectivity index (χ3v) is 5.71. The fourth-order valence-electron chi connectivity index (χ4n) is 2.43. The van der Waals surface area contributed by atoms with Crippen molar-refractivity contribution < 1.29 is 18.0 Å². The first-order valence-corrected chi connectivity index (χ1v) is 9.67. The van der Waals surface area contributed by atoms with E-state index in [9.17, 15) is 18.0 Å². The summed E-state index contributed by atoms with van der Waals surface area (Å²) in [5.41, 5.74) is 6.63.